The zero-order chi connectivity index (χ0) is 13.8. The van der Waals surface area contributed by atoms with Gasteiger partial charge in [0.2, 0.25) is 0 Å². The van der Waals surface area contributed by atoms with Crippen molar-refractivity contribution >= 4 is 5.69 Å². The molecule has 1 fully saturated rings. The Balaban J connectivity index is 1.99. The third kappa shape index (κ3) is 3.92. The molecule has 0 radical (unpaired) electrons. The second-order valence-electron chi connectivity index (χ2n) is 6.10. The predicted octanol–water partition coefficient (Wildman–Crippen LogP) is 4.98. The number of halogens is 2. The largest absolute Gasteiger partial charge is 0.378 e. The summed E-state index contributed by atoms with van der Waals surface area (Å²) in [4.78, 5) is 0. The molecule has 0 saturated heterocycles. The Morgan fingerprint density at radius 2 is 1.89 bits per heavy atom. The number of anilines is 1. The van der Waals surface area contributed by atoms with Gasteiger partial charge in [0.05, 0.1) is 0 Å². The van der Waals surface area contributed by atoms with Crippen molar-refractivity contribution in [2.45, 2.75) is 52.0 Å². The standard InChI is InChI=1S/C16H23F2N/c1-11(2)9-12-5-3-6-13(10-12)19-16-14(17)7-4-8-15(16)18/h4,7-8,11-13,19H,3,5-6,9-10H2,1-2H3. The zero-order valence-electron chi connectivity index (χ0n) is 11.8. The van der Waals surface area contributed by atoms with Crippen LogP contribution in [-0.2, 0) is 0 Å². The first-order valence-electron chi connectivity index (χ1n) is 7.26. The minimum Gasteiger partial charge on any atom is -0.378 e. The molecule has 1 aliphatic carbocycles. The maximum Gasteiger partial charge on any atom is 0.149 e. The summed E-state index contributed by atoms with van der Waals surface area (Å²) in [7, 11) is 0. The van der Waals surface area contributed by atoms with Crippen molar-refractivity contribution < 1.29 is 8.78 Å². The smallest absolute Gasteiger partial charge is 0.149 e. The fourth-order valence-corrected chi connectivity index (χ4v) is 3.14. The quantitative estimate of drug-likeness (QED) is 0.811. The van der Waals surface area contributed by atoms with Crippen LogP contribution in [0.25, 0.3) is 0 Å². The fourth-order valence-electron chi connectivity index (χ4n) is 3.14. The first-order chi connectivity index (χ1) is 9.06. The molecular formula is C16H23F2N. The molecule has 1 aromatic rings. The van der Waals surface area contributed by atoms with Gasteiger partial charge in [0, 0.05) is 6.04 Å². The molecular weight excluding hydrogens is 244 g/mol. The molecule has 0 heterocycles. The normalized spacial score (nSPS) is 23.6. The van der Waals surface area contributed by atoms with Gasteiger partial charge < -0.3 is 5.32 Å². The minimum absolute atomic E-state index is 0.0395. The maximum absolute atomic E-state index is 13.6. The molecule has 106 valence electrons. The van der Waals surface area contributed by atoms with Crippen molar-refractivity contribution in [2.75, 3.05) is 5.32 Å². The summed E-state index contributed by atoms with van der Waals surface area (Å²) in [6.07, 6.45) is 5.62. The van der Waals surface area contributed by atoms with Gasteiger partial charge in [0.1, 0.15) is 17.3 Å². The van der Waals surface area contributed by atoms with E-state index in [2.05, 4.69) is 19.2 Å². The van der Waals surface area contributed by atoms with Crippen molar-refractivity contribution in [2.24, 2.45) is 11.8 Å². The first-order valence-corrected chi connectivity index (χ1v) is 7.26. The van der Waals surface area contributed by atoms with E-state index in [0.717, 1.165) is 19.3 Å². The van der Waals surface area contributed by atoms with E-state index in [0.29, 0.717) is 11.8 Å². The van der Waals surface area contributed by atoms with Gasteiger partial charge in [0.25, 0.3) is 0 Å². The molecule has 1 aliphatic rings. The van der Waals surface area contributed by atoms with E-state index >= 15 is 0 Å². The van der Waals surface area contributed by atoms with Crippen LogP contribution in [0.2, 0.25) is 0 Å². The topological polar surface area (TPSA) is 12.0 Å². The van der Waals surface area contributed by atoms with Gasteiger partial charge in [0.15, 0.2) is 0 Å². The van der Waals surface area contributed by atoms with Crippen LogP contribution in [-0.4, -0.2) is 6.04 Å². The molecule has 1 saturated carbocycles. The van der Waals surface area contributed by atoms with Crippen molar-refractivity contribution in [3.8, 4) is 0 Å². The van der Waals surface area contributed by atoms with E-state index in [-0.39, 0.29) is 11.7 Å². The van der Waals surface area contributed by atoms with Gasteiger partial charge in [-0.25, -0.2) is 8.78 Å². The summed E-state index contributed by atoms with van der Waals surface area (Å²) in [5.41, 5.74) is 0.0395. The molecule has 0 aliphatic heterocycles. The Hall–Kier alpha value is -1.12. The van der Waals surface area contributed by atoms with Crippen LogP contribution in [0.1, 0.15) is 46.0 Å². The molecule has 1 aromatic carbocycles. The molecule has 3 heteroatoms. The SMILES string of the molecule is CC(C)CC1CCCC(Nc2c(F)cccc2F)C1. The van der Waals surface area contributed by atoms with Gasteiger partial charge in [-0.15, -0.1) is 0 Å². The summed E-state index contributed by atoms with van der Waals surface area (Å²) in [6.45, 7) is 4.46. The van der Waals surface area contributed by atoms with Crippen LogP contribution in [0.4, 0.5) is 14.5 Å². The number of para-hydroxylation sites is 1. The molecule has 0 spiro atoms. The summed E-state index contributed by atoms with van der Waals surface area (Å²) in [5, 5.41) is 3.07. The Bertz CT molecular complexity index is 397. The van der Waals surface area contributed by atoms with Crippen LogP contribution >= 0.6 is 0 Å². The Morgan fingerprint density at radius 1 is 1.21 bits per heavy atom. The van der Waals surface area contributed by atoms with Crippen molar-refractivity contribution in [3.05, 3.63) is 29.8 Å². The van der Waals surface area contributed by atoms with E-state index < -0.39 is 11.6 Å². The maximum atomic E-state index is 13.6. The highest BCUT2D eigenvalue weighted by Crippen LogP contribution is 2.32. The molecule has 2 atom stereocenters. The average molecular weight is 267 g/mol. The lowest BCUT2D eigenvalue weighted by Gasteiger charge is -2.31. The highest BCUT2D eigenvalue weighted by molar-refractivity contribution is 5.46. The van der Waals surface area contributed by atoms with Crippen molar-refractivity contribution in [1.29, 1.82) is 0 Å². The van der Waals surface area contributed by atoms with Gasteiger partial charge in [-0.1, -0.05) is 32.8 Å². The van der Waals surface area contributed by atoms with E-state index in [9.17, 15) is 8.78 Å². The number of hydrogen-bond acceptors (Lipinski definition) is 1. The Labute approximate surface area is 114 Å². The van der Waals surface area contributed by atoms with Crippen LogP contribution in [0.15, 0.2) is 18.2 Å². The van der Waals surface area contributed by atoms with E-state index in [4.69, 9.17) is 0 Å². The molecule has 1 nitrogen and oxygen atoms in total. The summed E-state index contributed by atoms with van der Waals surface area (Å²) >= 11 is 0. The Kier molecular flexibility index (Phi) is 4.78. The van der Waals surface area contributed by atoms with Gasteiger partial charge in [-0.3, -0.25) is 0 Å². The van der Waals surface area contributed by atoms with E-state index in [1.807, 2.05) is 0 Å². The van der Waals surface area contributed by atoms with Gasteiger partial charge in [-0.05, 0) is 43.2 Å². The number of benzene rings is 1. The lowest BCUT2D eigenvalue weighted by Crippen LogP contribution is -2.28. The van der Waals surface area contributed by atoms with Crippen molar-refractivity contribution in [3.63, 3.8) is 0 Å². The predicted molar refractivity (Wildman–Crippen MR) is 75.2 cm³/mol. The summed E-state index contributed by atoms with van der Waals surface area (Å²) in [6, 6.07) is 4.21. The van der Waals surface area contributed by atoms with Gasteiger partial charge in [-0.2, -0.15) is 0 Å². The molecule has 2 unspecified atom stereocenters. The lowest BCUT2D eigenvalue weighted by atomic mass is 9.81. The minimum atomic E-state index is -0.494. The Morgan fingerprint density at radius 3 is 2.53 bits per heavy atom. The fraction of sp³-hybridized carbons (Fsp3) is 0.625. The van der Waals surface area contributed by atoms with Crippen molar-refractivity contribution in [1.82, 2.24) is 0 Å². The van der Waals surface area contributed by atoms with Gasteiger partial charge >= 0.3 is 0 Å². The molecule has 0 bridgehead atoms. The molecule has 19 heavy (non-hydrogen) atoms. The van der Waals surface area contributed by atoms with Crippen LogP contribution < -0.4 is 5.32 Å². The monoisotopic (exact) mass is 267 g/mol. The first kappa shape index (κ1) is 14.3. The van der Waals surface area contributed by atoms with Crippen LogP contribution in [0.3, 0.4) is 0 Å². The number of rotatable bonds is 4. The average Bonchev–Trinajstić information content (AvgIpc) is 2.34. The molecule has 0 amide bonds. The van der Waals surface area contributed by atoms with Crippen LogP contribution in [0, 0.1) is 23.5 Å². The third-order valence-electron chi connectivity index (χ3n) is 3.90. The summed E-state index contributed by atoms with van der Waals surface area (Å²) < 4.78 is 27.2. The molecule has 0 aromatic heterocycles. The highest BCUT2D eigenvalue weighted by atomic mass is 19.1. The lowest BCUT2D eigenvalue weighted by molar-refractivity contribution is 0.288. The van der Waals surface area contributed by atoms with Crippen LogP contribution in [0.5, 0.6) is 0 Å². The third-order valence-corrected chi connectivity index (χ3v) is 3.90. The summed E-state index contributed by atoms with van der Waals surface area (Å²) in [5.74, 6) is 0.381. The molecule has 1 N–H and O–H groups in total. The zero-order valence-corrected chi connectivity index (χ0v) is 11.8. The molecule has 2 rings (SSSR count). The number of nitrogens with one attached hydrogen (secondary N) is 1. The van der Waals surface area contributed by atoms with E-state index in [1.54, 1.807) is 0 Å². The second-order valence-corrected chi connectivity index (χ2v) is 6.10. The highest BCUT2D eigenvalue weighted by Gasteiger charge is 2.24. The number of hydrogen-bond donors (Lipinski definition) is 1. The second kappa shape index (κ2) is 6.36. The van der Waals surface area contributed by atoms with E-state index in [1.165, 1.54) is 31.0 Å².